The lowest BCUT2D eigenvalue weighted by Gasteiger charge is -2.36. The van der Waals surface area contributed by atoms with Crippen LogP contribution in [0, 0.1) is 11.8 Å². The quantitative estimate of drug-likeness (QED) is 0.0431. The molecule has 2 aromatic heterocycles. The van der Waals surface area contributed by atoms with Crippen molar-refractivity contribution < 1.29 is 91.7 Å². The monoisotopic (exact) mass is 1930 g/mol. The van der Waals surface area contributed by atoms with Gasteiger partial charge in [0.1, 0.15) is 84.3 Å². The van der Waals surface area contributed by atoms with Gasteiger partial charge in [-0.25, -0.2) is 0 Å². The molecule has 4 saturated heterocycles. The van der Waals surface area contributed by atoms with Crippen LogP contribution >= 0.6 is 11.8 Å². The maximum atomic E-state index is 15.7. The van der Waals surface area contributed by atoms with Crippen molar-refractivity contribution in [3.05, 3.63) is 138 Å². The summed E-state index contributed by atoms with van der Waals surface area (Å²) in [5.41, 5.74) is 16.0. The van der Waals surface area contributed by atoms with Crippen molar-refractivity contribution in [3.63, 3.8) is 0 Å². The van der Waals surface area contributed by atoms with Gasteiger partial charge in [0.2, 0.25) is 100 Å². The Morgan fingerprint density at radius 2 is 1.05 bits per heavy atom. The highest BCUT2D eigenvalue weighted by Gasteiger charge is 2.47. The van der Waals surface area contributed by atoms with E-state index >= 15 is 33.6 Å². The molecule has 18 N–H and O–H groups in total. The summed E-state index contributed by atoms with van der Waals surface area (Å²) >= 11 is 0.851. The number of likely N-dealkylation sites (N-methyl/N-ethyl adjacent to an activating group) is 3. The molecule has 1 unspecified atom stereocenters. The average Bonchev–Trinajstić information content (AvgIpc) is 1.20. The number of benzene rings is 4. The van der Waals surface area contributed by atoms with Crippen molar-refractivity contribution in [2.24, 2.45) is 23.3 Å². The Morgan fingerprint density at radius 3 is 1.67 bits per heavy atom. The van der Waals surface area contributed by atoms with Crippen LogP contribution < -0.4 is 64.6 Å². The Labute approximate surface area is 807 Å². The summed E-state index contributed by atoms with van der Waals surface area (Å²) in [4.78, 5) is 265. The Hall–Kier alpha value is -13.0. The fraction of sp³-hybridized carbons (Fsp3) is 0.541. The molecular weight excluding hydrogens is 1790 g/mol. The number of rotatable bonds is 23. The number of aliphatic hydroxyl groups is 1. The SMILES string of the molecule is CCCC[C@H]1C(=O)N(C)[C@@H](CCCC)C(=O)N[C@@H](CC(C)C)C(=O)N[C@H](C(=O)NCC(=O)N2CCC(c3ccccc3)CC2)CSCC(=O)N[C@@H](Cc2ccc(O)cc2)C(=O)N(C)[C@@H](C)C(=O)N[C@@H](CC(N)=O)C(=O)N2CCC[C@H]2C(=O)N[C@@H](CN)C(=O)N[C@@H](CC(C)C)C(=O)N2C[C@H](O)C[C@H]2C(=O)N[C@@H](Cc2c[nH]c3ccccc23)C(=O)NCC(=O)NC(Cc2c[nH]c3ccccc23)C(=O)N1C. The number of amides is 17. The summed E-state index contributed by atoms with van der Waals surface area (Å²) in [6.45, 7) is 10.6. The first-order chi connectivity index (χ1) is 65.9. The summed E-state index contributed by atoms with van der Waals surface area (Å²) in [6.07, 6.45) is 3.70. The number of nitrogens with one attached hydrogen (secondary N) is 12. The molecule has 39 nitrogen and oxygen atoms in total. The number of aromatic amines is 2. The molecule has 748 valence electrons. The van der Waals surface area contributed by atoms with E-state index in [2.05, 4.69) is 63.1 Å². The summed E-state index contributed by atoms with van der Waals surface area (Å²) in [6, 6.07) is 10.9. The molecule has 6 heterocycles. The Morgan fingerprint density at radius 1 is 0.522 bits per heavy atom. The molecule has 4 aromatic carbocycles. The molecule has 4 aliphatic heterocycles. The lowest BCUT2D eigenvalue weighted by molar-refractivity contribution is -0.149. The van der Waals surface area contributed by atoms with Gasteiger partial charge in [-0.1, -0.05) is 146 Å². The maximum Gasteiger partial charge on any atom is 0.246 e. The second-order valence-corrected chi connectivity index (χ2v) is 38.2. The number of likely N-dealkylation sites (tertiary alicyclic amines) is 1. The zero-order chi connectivity index (χ0) is 100. The number of para-hydroxylation sites is 2. The van der Waals surface area contributed by atoms with Crippen LogP contribution in [0.15, 0.2) is 116 Å². The smallest absolute Gasteiger partial charge is 0.246 e. The summed E-state index contributed by atoms with van der Waals surface area (Å²) in [5, 5.41) is 50.2. The minimum atomic E-state index is -1.75. The first kappa shape index (κ1) is 107. The number of thioether (sulfide) groups is 1. The molecule has 0 saturated carbocycles. The van der Waals surface area contributed by atoms with Crippen molar-refractivity contribution in [3.8, 4) is 5.75 Å². The van der Waals surface area contributed by atoms with E-state index in [4.69, 9.17) is 11.5 Å². The molecule has 0 aliphatic carbocycles. The number of primary amides is 1. The lowest BCUT2D eigenvalue weighted by Crippen LogP contribution is -2.61. The molecule has 17 amide bonds. The van der Waals surface area contributed by atoms with E-state index < -0.39 is 223 Å². The van der Waals surface area contributed by atoms with Crippen molar-refractivity contribution in [2.45, 2.75) is 248 Å². The van der Waals surface area contributed by atoms with Crippen LogP contribution in [0.2, 0.25) is 0 Å². The molecule has 14 atom stereocenters. The van der Waals surface area contributed by atoms with Crippen molar-refractivity contribution in [1.82, 2.24) is 92.5 Å². The number of piperidine rings is 1. The zero-order valence-electron chi connectivity index (χ0n) is 80.3. The molecule has 10 rings (SSSR count). The summed E-state index contributed by atoms with van der Waals surface area (Å²) < 4.78 is 0. The fourth-order valence-electron chi connectivity index (χ4n) is 18.2. The maximum absolute atomic E-state index is 15.7. The van der Waals surface area contributed by atoms with Crippen LogP contribution in [0.5, 0.6) is 5.75 Å². The van der Waals surface area contributed by atoms with Crippen molar-refractivity contribution >= 4 is 134 Å². The number of phenols is 1. The Bertz CT molecular complexity index is 5300. The average molecular weight is 1930 g/mol. The van der Waals surface area contributed by atoms with Gasteiger partial charge >= 0.3 is 0 Å². The third kappa shape index (κ3) is 29.1. The van der Waals surface area contributed by atoms with E-state index in [1.807, 2.05) is 62.4 Å². The molecule has 0 radical (unpaired) electrons. The van der Waals surface area contributed by atoms with E-state index in [0.717, 1.165) is 32.0 Å². The first-order valence-electron chi connectivity index (χ1n) is 47.7. The molecular formula is C98H136N20O19S. The number of hydrogen-bond acceptors (Lipinski definition) is 21. The largest absolute Gasteiger partial charge is 0.508 e. The zero-order valence-corrected chi connectivity index (χ0v) is 81.1. The number of nitrogens with zero attached hydrogens (tertiary/aromatic N) is 6. The minimum Gasteiger partial charge on any atom is -0.508 e. The van der Waals surface area contributed by atoms with Crippen LogP contribution in [-0.2, 0) is 101 Å². The second kappa shape index (κ2) is 50.9. The Balaban J connectivity index is 0.985. The van der Waals surface area contributed by atoms with Gasteiger partial charge in [0.05, 0.1) is 31.4 Å². The van der Waals surface area contributed by atoms with E-state index in [0.29, 0.717) is 90.1 Å². The number of carbonyl (C=O) groups excluding carboxylic acids is 17. The molecule has 138 heavy (non-hydrogen) atoms. The van der Waals surface area contributed by atoms with Crippen LogP contribution in [0.3, 0.4) is 0 Å². The molecule has 6 aromatic rings. The molecule has 0 bridgehead atoms. The van der Waals surface area contributed by atoms with Gasteiger partial charge < -0.3 is 114 Å². The van der Waals surface area contributed by atoms with Crippen LogP contribution in [0.25, 0.3) is 21.8 Å². The number of unbranched alkanes of at least 4 members (excludes halogenated alkanes) is 2. The number of carbonyl (C=O) groups is 17. The number of phenolic OH excluding ortho intramolecular Hbond substituents is 1. The van der Waals surface area contributed by atoms with E-state index in [1.54, 1.807) is 75.3 Å². The number of aromatic nitrogens is 2. The van der Waals surface area contributed by atoms with E-state index in [9.17, 15) is 58.2 Å². The van der Waals surface area contributed by atoms with Gasteiger partial charge in [0.15, 0.2) is 0 Å². The minimum absolute atomic E-state index is 0.00302. The van der Waals surface area contributed by atoms with Crippen LogP contribution in [0.1, 0.15) is 167 Å². The molecule has 40 heteroatoms. The highest BCUT2D eigenvalue weighted by Crippen LogP contribution is 2.31. The predicted molar refractivity (Wildman–Crippen MR) is 517 cm³/mol. The lowest BCUT2D eigenvalue weighted by atomic mass is 9.89. The van der Waals surface area contributed by atoms with Crippen molar-refractivity contribution in [1.29, 1.82) is 0 Å². The second-order valence-electron chi connectivity index (χ2n) is 37.2. The van der Waals surface area contributed by atoms with E-state index in [1.165, 1.54) is 62.1 Å². The fourth-order valence-corrected chi connectivity index (χ4v) is 19.0. The normalized spacial score (nSPS) is 24.9. The molecule has 4 fully saturated rings. The Kier molecular flexibility index (Phi) is 39.5. The highest BCUT2D eigenvalue weighted by molar-refractivity contribution is 8.00. The van der Waals surface area contributed by atoms with Gasteiger partial charge in [-0.2, -0.15) is 0 Å². The third-order valence-electron chi connectivity index (χ3n) is 26.0. The standard InChI is InChI=1S/C98H136N20O19S/c1-11-13-29-78-91(130)107-70(41-56(3)4)89(128)112-77(88(127)104-52-85(124)116-39-36-61(37-40-116)60-23-16-15-17-24-60)54-138-55-84(123)106-73(43-59-32-34-64(119)35-33-59)94(133)113(8)58(7)86(125)109-75(47-82(100)121)96(135)117-38-22-31-79(117)92(131)111-76(48-99)90(129)110-72(42-57(5)6)97(136)118-53-65(120)46-81(118)93(132)108-71(44-62-49-101-68-27-20-18-25-66(62)68)87(126)103-51-83(122)105-74(45-63-50-102-69-28-21-19-26-67(63)69)95(134)115(10)80(30-14-12-2)98(137)114(78)9/h15-21,23-28,32-35,49-50,56-58,61,65,70-81,101-102,119-120H,11-14,22,29-31,36-48,51-55,99H2,1-10H3,(H2,100,121)(H,103,126)(H,104,127)(H,105,122)(H,106,123)(H,107,130)(H,108,132)(H,109,125)(H,110,129)(H,111,131)(H,112,128)/t58-,65+,70-,71-,72-,73-,74?,75-,76-,77-,78-,79-,80-,81-/m0/s1. The van der Waals surface area contributed by atoms with E-state index in [-0.39, 0.29) is 100 Å². The van der Waals surface area contributed by atoms with Gasteiger partial charge in [-0.15, -0.1) is 11.8 Å². The third-order valence-corrected chi connectivity index (χ3v) is 27.1. The number of nitrogens with two attached hydrogens (primary N) is 2. The summed E-state index contributed by atoms with van der Waals surface area (Å²) in [7, 11) is 4.08. The molecule has 4 aliphatic rings. The van der Waals surface area contributed by atoms with Gasteiger partial charge in [0.25, 0.3) is 0 Å². The topological polar surface area (TPSA) is 554 Å². The van der Waals surface area contributed by atoms with Gasteiger partial charge in [0, 0.05) is 120 Å². The first-order valence-corrected chi connectivity index (χ1v) is 48.8. The van der Waals surface area contributed by atoms with Crippen LogP contribution in [0.4, 0.5) is 0 Å². The van der Waals surface area contributed by atoms with Gasteiger partial charge in [-0.05, 0) is 123 Å². The number of H-pyrrole nitrogens is 2. The highest BCUT2D eigenvalue weighted by atomic mass is 32.2. The number of hydrogen-bond donors (Lipinski definition) is 16. The predicted octanol–water partition coefficient (Wildman–Crippen LogP) is 1.41. The van der Waals surface area contributed by atoms with Crippen molar-refractivity contribution in [2.75, 3.05) is 78.5 Å². The van der Waals surface area contributed by atoms with Gasteiger partial charge in [-0.3, -0.25) is 81.5 Å². The number of aromatic hydroxyl groups is 1. The number of aliphatic hydroxyl groups excluding tert-OH is 1. The summed E-state index contributed by atoms with van der Waals surface area (Å²) in [5.74, 6) is -15.7. The van der Waals surface area contributed by atoms with Crippen LogP contribution in [-0.4, -0.2) is 313 Å². The molecule has 0 spiro atoms. The number of fused-ring (bicyclic) bond motifs is 4.